The quantitative estimate of drug-likeness (QED) is 0.637. The van der Waals surface area contributed by atoms with Crippen LogP contribution in [0, 0.1) is 11.7 Å². The number of piperazine rings is 1. The van der Waals surface area contributed by atoms with Crippen molar-refractivity contribution >= 4 is 16.1 Å². The van der Waals surface area contributed by atoms with Gasteiger partial charge in [0.15, 0.2) is 0 Å². The van der Waals surface area contributed by atoms with E-state index >= 15 is 0 Å². The zero-order valence-corrected chi connectivity index (χ0v) is 20.3. The van der Waals surface area contributed by atoms with Crippen molar-refractivity contribution in [1.82, 2.24) is 18.4 Å². The van der Waals surface area contributed by atoms with Gasteiger partial charge in [0.1, 0.15) is 5.82 Å². The van der Waals surface area contributed by atoms with Gasteiger partial charge in [0.05, 0.1) is 18.1 Å². The van der Waals surface area contributed by atoms with Crippen molar-refractivity contribution in [3.8, 4) is 0 Å². The number of nitrogens with zero attached hydrogens (tertiary/aromatic N) is 4. The summed E-state index contributed by atoms with van der Waals surface area (Å²) in [5.41, 5.74) is 0.911. The molecule has 3 saturated heterocycles. The van der Waals surface area contributed by atoms with Crippen LogP contribution in [-0.2, 0) is 26.3 Å². The fraction of sp³-hybridized carbons (Fsp3) is 0.696. The van der Waals surface area contributed by atoms with Crippen molar-refractivity contribution in [2.45, 2.75) is 45.4 Å². The lowest BCUT2D eigenvalue weighted by atomic mass is 9.95. The van der Waals surface area contributed by atoms with Crippen LogP contribution in [-0.4, -0.2) is 97.3 Å². The average molecular weight is 483 g/mol. The topological polar surface area (TPSA) is 73.4 Å². The minimum absolute atomic E-state index is 0.101. The standard InChI is InChI=1S/C23H35FN4O4S/c1-18-14-28(15-19(2)32-18)33(30,31)27-11-9-26(10-12-27)23(29)21-6-4-8-25(17-21)16-20-5-3-7-22(24)13-20/h3,5,7,13,18-19,21H,4,6,8-12,14-17H2,1-2H3. The van der Waals surface area contributed by atoms with E-state index in [0.717, 1.165) is 24.9 Å². The summed E-state index contributed by atoms with van der Waals surface area (Å²) in [5.74, 6) is -0.244. The maximum Gasteiger partial charge on any atom is 0.282 e. The predicted octanol–water partition coefficient (Wildman–Crippen LogP) is 1.54. The molecule has 0 bridgehead atoms. The maximum absolute atomic E-state index is 13.5. The third-order valence-corrected chi connectivity index (χ3v) is 8.71. The minimum atomic E-state index is -3.56. The number of hydrogen-bond acceptors (Lipinski definition) is 5. The molecule has 0 aliphatic carbocycles. The Morgan fingerprint density at radius 2 is 1.73 bits per heavy atom. The number of morpholine rings is 1. The minimum Gasteiger partial charge on any atom is -0.373 e. The summed E-state index contributed by atoms with van der Waals surface area (Å²) in [6, 6.07) is 6.60. The molecule has 0 spiro atoms. The third-order valence-electron chi connectivity index (χ3n) is 6.74. The predicted molar refractivity (Wildman–Crippen MR) is 123 cm³/mol. The molecular weight excluding hydrogens is 447 g/mol. The maximum atomic E-state index is 13.5. The number of benzene rings is 1. The summed E-state index contributed by atoms with van der Waals surface area (Å²) >= 11 is 0. The molecule has 3 heterocycles. The van der Waals surface area contributed by atoms with Gasteiger partial charge in [-0.2, -0.15) is 17.0 Å². The number of ether oxygens (including phenoxy) is 1. The highest BCUT2D eigenvalue weighted by Crippen LogP contribution is 2.23. The highest BCUT2D eigenvalue weighted by atomic mass is 32.2. The molecule has 3 aliphatic heterocycles. The summed E-state index contributed by atoms with van der Waals surface area (Å²) in [6.45, 7) is 8.10. The molecule has 33 heavy (non-hydrogen) atoms. The average Bonchev–Trinajstić information content (AvgIpc) is 2.78. The first kappa shape index (κ1) is 24.5. The van der Waals surface area contributed by atoms with E-state index in [1.807, 2.05) is 24.8 Å². The Balaban J connectivity index is 1.30. The fourth-order valence-electron chi connectivity index (χ4n) is 5.17. The van der Waals surface area contributed by atoms with Gasteiger partial charge < -0.3 is 9.64 Å². The van der Waals surface area contributed by atoms with Crippen LogP contribution >= 0.6 is 0 Å². The molecule has 3 unspecified atom stereocenters. The van der Waals surface area contributed by atoms with E-state index in [4.69, 9.17) is 4.74 Å². The van der Waals surface area contributed by atoms with Crippen LogP contribution in [0.1, 0.15) is 32.3 Å². The van der Waals surface area contributed by atoms with Gasteiger partial charge >= 0.3 is 0 Å². The molecule has 4 rings (SSSR count). The summed E-state index contributed by atoms with van der Waals surface area (Å²) in [6.07, 6.45) is 1.50. The van der Waals surface area contributed by atoms with Gasteiger partial charge in [-0.05, 0) is 50.9 Å². The van der Waals surface area contributed by atoms with Crippen molar-refractivity contribution in [2.24, 2.45) is 5.92 Å². The number of likely N-dealkylation sites (tertiary alicyclic amines) is 1. The van der Waals surface area contributed by atoms with Crippen LogP contribution in [0.5, 0.6) is 0 Å². The molecule has 3 aliphatic rings. The van der Waals surface area contributed by atoms with Crippen LogP contribution in [0.4, 0.5) is 4.39 Å². The first-order chi connectivity index (χ1) is 15.7. The van der Waals surface area contributed by atoms with E-state index in [1.54, 1.807) is 12.1 Å². The number of rotatable bonds is 5. The number of amides is 1. The Labute approximate surface area is 196 Å². The van der Waals surface area contributed by atoms with Gasteiger partial charge in [-0.3, -0.25) is 9.69 Å². The molecule has 3 fully saturated rings. The molecule has 10 heteroatoms. The molecule has 184 valence electrons. The van der Waals surface area contributed by atoms with Gasteiger partial charge in [-0.1, -0.05) is 12.1 Å². The second-order valence-electron chi connectivity index (χ2n) is 9.51. The molecule has 0 aromatic heterocycles. The van der Waals surface area contributed by atoms with Crippen LogP contribution < -0.4 is 0 Å². The molecular formula is C23H35FN4O4S. The van der Waals surface area contributed by atoms with Gasteiger partial charge in [0.2, 0.25) is 5.91 Å². The van der Waals surface area contributed by atoms with Crippen molar-refractivity contribution in [3.63, 3.8) is 0 Å². The van der Waals surface area contributed by atoms with Crippen molar-refractivity contribution in [3.05, 3.63) is 35.6 Å². The molecule has 1 aromatic carbocycles. The molecule has 0 radical (unpaired) electrons. The SMILES string of the molecule is CC1CN(S(=O)(=O)N2CCN(C(=O)C3CCCN(Cc4cccc(F)c4)C3)CC2)CC(C)O1. The van der Waals surface area contributed by atoms with E-state index in [-0.39, 0.29) is 29.9 Å². The second-order valence-corrected chi connectivity index (χ2v) is 11.4. The first-order valence-corrected chi connectivity index (χ1v) is 13.3. The van der Waals surface area contributed by atoms with Crippen molar-refractivity contribution in [2.75, 3.05) is 52.4 Å². The monoisotopic (exact) mass is 482 g/mol. The van der Waals surface area contributed by atoms with Gasteiger partial charge in [-0.25, -0.2) is 4.39 Å². The number of halogens is 1. The highest BCUT2D eigenvalue weighted by Gasteiger charge is 2.38. The Hall–Kier alpha value is -1.59. The number of piperidine rings is 1. The molecule has 1 aromatic rings. The van der Waals surface area contributed by atoms with E-state index in [0.29, 0.717) is 52.4 Å². The Bertz CT molecular complexity index is 928. The smallest absolute Gasteiger partial charge is 0.282 e. The lowest BCUT2D eigenvalue weighted by Crippen LogP contribution is -2.58. The van der Waals surface area contributed by atoms with E-state index in [9.17, 15) is 17.6 Å². The fourth-order valence-corrected chi connectivity index (χ4v) is 6.92. The third kappa shape index (κ3) is 5.92. The molecule has 1 amide bonds. The Kier molecular flexibility index (Phi) is 7.69. The lowest BCUT2D eigenvalue weighted by molar-refractivity contribution is -0.138. The van der Waals surface area contributed by atoms with Gasteiger partial charge in [-0.15, -0.1) is 0 Å². The summed E-state index contributed by atoms with van der Waals surface area (Å²) < 4.78 is 48.4. The summed E-state index contributed by atoms with van der Waals surface area (Å²) in [7, 11) is -3.56. The largest absolute Gasteiger partial charge is 0.373 e. The molecule has 0 saturated carbocycles. The van der Waals surface area contributed by atoms with Crippen LogP contribution in [0.2, 0.25) is 0 Å². The number of carbonyl (C=O) groups is 1. The number of hydrogen-bond donors (Lipinski definition) is 0. The number of carbonyl (C=O) groups excluding carboxylic acids is 1. The highest BCUT2D eigenvalue weighted by molar-refractivity contribution is 7.86. The van der Waals surface area contributed by atoms with Crippen molar-refractivity contribution < 1.29 is 22.3 Å². The zero-order chi connectivity index (χ0) is 23.6. The van der Waals surface area contributed by atoms with E-state index < -0.39 is 10.2 Å². The second kappa shape index (κ2) is 10.4. The molecule has 3 atom stereocenters. The van der Waals surface area contributed by atoms with Crippen LogP contribution in [0.25, 0.3) is 0 Å². The summed E-state index contributed by atoms with van der Waals surface area (Å²) in [5, 5.41) is 0. The molecule has 0 N–H and O–H groups in total. The van der Waals surface area contributed by atoms with Crippen LogP contribution in [0.3, 0.4) is 0 Å². The van der Waals surface area contributed by atoms with Gasteiger partial charge in [0.25, 0.3) is 10.2 Å². The zero-order valence-electron chi connectivity index (χ0n) is 19.5. The Morgan fingerprint density at radius 3 is 2.39 bits per heavy atom. The van der Waals surface area contributed by atoms with E-state index in [1.165, 1.54) is 14.7 Å². The first-order valence-electron chi connectivity index (χ1n) is 11.9. The van der Waals surface area contributed by atoms with Gasteiger partial charge in [0, 0.05) is 52.4 Å². The molecule has 8 nitrogen and oxygen atoms in total. The lowest BCUT2D eigenvalue weighted by Gasteiger charge is -2.41. The van der Waals surface area contributed by atoms with E-state index in [2.05, 4.69) is 4.90 Å². The normalized spacial score (nSPS) is 28.7. The van der Waals surface area contributed by atoms with Crippen molar-refractivity contribution in [1.29, 1.82) is 0 Å². The Morgan fingerprint density at radius 1 is 1.03 bits per heavy atom. The van der Waals surface area contributed by atoms with Crippen LogP contribution in [0.15, 0.2) is 24.3 Å². The summed E-state index contributed by atoms with van der Waals surface area (Å²) in [4.78, 5) is 17.2.